The van der Waals surface area contributed by atoms with Crippen molar-refractivity contribution in [3.63, 3.8) is 0 Å². The molecular weight excluding hydrogens is 352 g/mol. The highest BCUT2D eigenvalue weighted by atomic mass is 16.5. The van der Waals surface area contributed by atoms with Crippen molar-refractivity contribution >= 4 is 11.6 Å². The molecule has 1 amide bonds. The highest BCUT2D eigenvalue weighted by molar-refractivity contribution is 5.99. The first-order valence-corrected chi connectivity index (χ1v) is 8.92. The fraction of sp³-hybridized carbons (Fsp3) is 0.130. The minimum atomic E-state index is -0.329. The summed E-state index contributed by atoms with van der Waals surface area (Å²) in [6.07, 6.45) is 0. The Kier molecular flexibility index (Phi) is 6.41. The normalized spacial score (nSPS) is 11.0. The lowest BCUT2D eigenvalue weighted by Crippen LogP contribution is -2.25. The fourth-order valence-corrected chi connectivity index (χ4v) is 2.68. The maximum atomic E-state index is 12.2. The number of nitrogens with zero attached hydrogens (tertiary/aromatic N) is 1. The number of carbonyl (C=O) groups is 1. The molecule has 1 N–H and O–H groups in total. The Labute approximate surface area is 164 Å². The van der Waals surface area contributed by atoms with Gasteiger partial charge in [-0.15, -0.1) is 0 Å². The molecule has 142 valence electrons. The van der Waals surface area contributed by atoms with Gasteiger partial charge in [-0.05, 0) is 30.7 Å². The van der Waals surface area contributed by atoms with Crippen LogP contribution in [0.5, 0.6) is 11.5 Å². The minimum absolute atomic E-state index is 0.126. The van der Waals surface area contributed by atoms with Gasteiger partial charge < -0.3 is 9.47 Å². The third kappa shape index (κ3) is 4.98. The van der Waals surface area contributed by atoms with E-state index in [1.54, 1.807) is 7.11 Å². The van der Waals surface area contributed by atoms with Crippen LogP contribution in [0.25, 0.3) is 11.1 Å². The molecule has 3 rings (SSSR count). The van der Waals surface area contributed by atoms with E-state index < -0.39 is 0 Å². The van der Waals surface area contributed by atoms with E-state index in [9.17, 15) is 4.79 Å². The molecule has 0 saturated heterocycles. The van der Waals surface area contributed by atoms with Crippen LogP contribution in [0.2, 0.25) is 0 Å². The van der Waals surface area contributed by atoms with Crippen molar-refractivity contribution in [3.05, 3.63) is 84.4 Å². The van der Waals surface area contributed by atoms with Gasteiger partial charge in [-0.25, -0.2) is 5.43 Å². The lowest BCUT2D eigenvalue weighted by molar-refractivity contribution is -0.123. The second kappa shape index (κ2) is 9.37. The molecule has 5 heteroatoms. The molecule has 5 nitrogen and oxygen atoms in total. The summed E-state index contributed by atoms with van der Waals surface area (Å²) in [5.74, 6) is 1.06. The molecule has 3 aromatic rings. The topological polar surface area (TPSA) is 59.9 Å². The molecular formula is C23H22N2O3. The number of carbonyl (C=O) groups excluding carboxylic acids is 1. The van der Waals surface area contributed by atoms with Gasteiger partial charge in [-0.1, -0.05) is 60.7 Å². The van der Waals surface area contributed by atoms with E-state index in [1.807, 2.05) is 85.8 Å². The number of hydrogen-bond acceptors (Lipinski definition) is 4. The summed E-state index contributed by atoms with van der Waals surface area (Å²) >= 11 is 0. The van der Waals surface area contributed by atoms with Gasteiger partial charge in [0.1, 0.15) is 11.5 Å². The Morgan fingerprint density at radius 2 is 1.71 bits per heavy atom. The van der Waals surface area contributed by atoms with E-state index in [1.165, 1.54) is 0 Å². The predicted octanol–water partition coefficient (Wildman–Crippen LogP) is 4.28. The number of hydrogen-bond donors (Lipinski definition) is 1. The SMILES string of the molecule is COc1cccc(/C(C)=N\NC(=O)COc2ccccc2-c2ccccc2)c1. The van der Waals surface area contributed by atoms with Crippen LogP contribution in [0.1, 0.15) is 12.5 Å². The summed E-state index contributed by atoms with van der Waals surface area (Å²) in [5, 5.41) is 4.14. The molecule has 0 atom stereocenters. The largest absolute Gasteiger partial charge is 0.497 e. The lowest BCUT2D eigenvalue weighted by Gasteiger charge is -2.11. The Morgan fingerprint density at radius 3 is 2.50 bits per heavy atom. The first-order valence-electron chi connectivity index (χ1n) is 8.92. The van der Waals surface area contributed by atoms with Gasteiger partial charge in [0.25, 0.3) is 5.91 Å². The maximum absolute atomic E-state index is 12.2. The molecule has 0 aromatic heterocycles. The molecule has 0 aliphatic carbocycles. The van der Waals surface area contributed by atoms with Gasteiger partial charge in [0.2, 0.25) is 0 Å². The average molecular weight is 374 g/mol. The van der Waals surface area contributed by atoms with E-state index in [0.717, 1.165) is 22.4 Å². The van der Waals surface area contributed by atoms with Crippen molar-refractivity contribution in [1.82, 2.24) is 5.43 Å². The number of hydrazone groups is 1. The Morgan fingerprint density at radius 1 is 0.964 bits per heavy atom. The third-order valence-electron chi connectivity index (χ3n) is 4.17. The summed E-state index contributed by atoms with van der Waals surface area (Å²) in [6.45, 7) is 1.69. The molecule has 0 aliphatic heterocycles. The molecule has 28 heavy (non-hydrogen) atoms. The number of rotatable bonds is 7. The van der Waals surface area contributed by atoms with Crippen molar-refractivity contribution in [3.8, 4) is 22.6 Å². The summed E-state index contributed by atoms with van der Waals surface area (Å²) in [5.41, 5.74) is 6.05. The molecule has 0 spiro atoms. The van der Waals surface area contributed by atoms with Gasteiger partial charge in [0.05, 0.1) is 12.8 Å². The number of benzene rings is 3. The van der Waals surface area contributed by atoms with Crippen molar-refractivity contribution in [2.24, 2.45) is 5.10 Å². The molecule has 0 bridgehead atoms. The quantitative estimate of drug-likeness (QED) is 0.496. The first-order chi connectivity index (χ1) is 13.7. The molecule has 0 unspecified atom stereocenters. The van der Waals surface area contributed by atoms with Crippen LogP contribution in [0.4, 0.5) is 0 Å². The summed E-state index contributed by atoms with van der Waals surface area (Å²) in [6, 6.07) is 25.0. The zero-order valence-corrected chi connectivity index (χ0v) is 15.9. The Balaban J connectivity index is 1.62. The van der Waals surface area contributed by atoms with Gasteiger partial charge in [0.15, 0.2) is 6.61 Å². The van der Waals surface area contributed by atoms with Gasteiger partial charge in [0, 0.05) is 11.1 Å². The standard InChI is InChI=1S/C23H22N2O3/c1-17(19-11-8-12-20(15-19)27-2)24-25-23(26)16-28-22-14-7-6-13-21(22)18-9-4-3-5-10-18/h3-15H,16H2,1-2H3,(H,25,26)/b24-17-. The van der Waals surface area contributed by atoms with E-state index in [2.05, 4.69) is 10.5 Å². The zero-order chi connectivity index (χ0) is 19.8. The Bertz CT molecular complexity index is 968. The monoisotopic (exact) mass is 374 g/mol. The smallest absolute Gasteiger partial charge is 0.277 e. The fourth-order valence-electron chi connectivity index (χ4n) is 2.68. The summed E-state index contributed by atoms with van der Waals surface area (Å²) in [4.78, 5) is 12.2. The second-order valence-electron chi connectivity index (χ2n) is 6.12. The molecule has 3 aromatic carbocycles. The number of nitrogens with one attached hydrogen (secondary N) is 1. The molecule has 0 heterocycles. The van der Waals surface area contributed by atoms with Crippen LogP contribution in [-0.2, 0) is 4.79 Å². The average Bonchev–Trinajstić information content (AvgIpc) is 2.76. The number of para-hydroxylation sites is 1. The van der Waals surface area contributed by atoms with Crippen LogP contribution >= 0.6 is 0 Å². The maximum Gasteiger partial charge on any atom is 0.277 e. The van der Waals surface area contributed by atoms with Crippen molar-refractivity contribution in [2.75, 3.05) is 13.7 Å². The number of methoxy groups -OCH3 is 1. The highest BCUT2D eigenvalue weighted by Gasteiger charge is 2.08. The second-order valence-corrected chi connectivity index (χ2v) is 6.12. The predicted molar refractivity (Wildman–Crippen MR) is 111 cm³/mol. The van der Waals surface area contributed by atoms with Crippen LogP contribution in [0, 0.1) is 0 Å². The number of amides is 1. The third-order valence-corrected chi connectivity index (χ3v) is 4.17. The zero-order valence-electron chi connectivity index (χ0n) is 15.9. The van der Waals surface area contributed by atoms with E-state index in [-0.39, 0.29) is 12.5 Å². The van der Waals surface area contributed by atoms with E-state index >= 15 is 0 Å². The van der Waals surface area contributed by atoms with Crippen LogP contribution in [-0.4, -0.2) is 25.3 Å². The Hall–Kier alpha value is -3.60. The molecule has 0 radical (unpaired) electrons. The number of ether oxygens (including phenoxy) is 2. The van der Waals surface area contributed by atoms with Gasteiger partial charge in [-0.2, -0.15) is 5.10 Å². The highest BCUT2D eigenvalue weighted by Crippen LogP contribution is 2.29. The summed E-state index contributed by atoms with van der Waals surface area (Å²) < 4.78 is 10.9. The minimum Gasteiger partial charge on any atom is -0.497 e. The molecule has 0 saturated carbocycles. The molecule has 0 aliphatic rings. The van der Waals surface area contributed by atoms with E-state index in [0.29, 0.717) is 11.5 Å². The van der Waals surface area contributed by atoms with Crippen LogP contribution < -0.4 is 14.9 Å². The van der Waals surface area contributed by atoms with Crippen LogP contribution in [0.3, 0.4) is 0 Å². The van der Waals surface area contributed by atoms with Crippen LogP contribution in [0.15, 0.2) is 84.0 Å². The first kappa shape index (κ1) is 19.2. The van der Waals surface area contributed by atoms with Crippen molar-refractivity contribution in [2.45, 2.75) is 6.92 Å². The lowest BCUT2D eigenvalue weighted by atomic mass is 10.1. The molecule has 0 fully saturated rings. The summed E-state index contributed by atoms with van der Waals surface area (Å²) in [7, 11) is 1.61. The van der Waals surface area contributed by atoms with Gasteiger partial charge in [-0.3, -0.25) is 4.79 Å². The van der Waals surface area contributed by atoms with E-state index in [4.69, 9.17) is 9.47 Å². The van der Waals surface area contributed by atoms with Gasteiger partial charge >= 0.3 is 0 Å². The van der Waals surface area contributed by atoms with Crippen molar-refractivity contribution in [1.29, 1.82) is 0 Å². The van der Waals surface area contributed by atoms with Crippen molar-refractivity contribution < 1.29 is 14.3 Å².